The van der Waals surface area contributed by atoms with Gasteiger partial charge in [0, 0.05) is 19.7 Å². The summed E-state index contributed by atoms with van der Waals surface area (Å²) in [6, 6.07) is 1.77. The average molecular weight is 239 g/mol. The van der Waals surface area contributed by atoms with Gasteiger partial charge in [0.05, 0.1) is 5.69 Å². The normalized spacial score (nSPS) is 12.8. The van der Waals surface area contributed by atoms with Crippen LogP contribution in [0, 0.1) is 0 Å². The molecule has 0 aliphatic carbocycles. The Kier molecular flexibility index (Phi) is 4.69. The van der Waals surface area contributed by atoms with Crippen molar-refractivity contribution in [2.24, 2.45) is 7.05 Å². The van der Waals surface area contributed by atoms with Gasteiger partial charge in [0.15, 0.2) is 0 Å². The number of carbonyl (C=O) groups is 1. The minimum absolute atomic E-state index is 0.0371. The summed E-state index contributed by atoms with van der Waals surface area (Å²) in [4.78, 5) is 11.9. The minimum Gasteiger partial charge on any atom is -0.396 e. The van der Waals surface area contributed by atoms with E-state index in [1.54, 1.807) is 11.7 Å². The van der Waals surface area contributed by atoms with Gasteiger partial charge in [-0.3, -0.25) is 9.48 Å². The van der Waals surface area contributed by atoms with Gasteiger partial charge in [0.2, 0.25) is 0 Å². The molecule has 1 unspecified atom stereocenters. The van der Waals surface area contributed by atoms with Crippen LogP contribution in [0.15, 0.2) is 6.07 Å². The quantitative estimate of drug-likeness (QED) is 0.807. The van der Waals surface area contributed by atoms with Crippen LogP contribution in [0.1, 0.15) is 49.3 Å². The number of carbonyl (C=O) groups excluding carboxylic acids is 1. The maximum absolute atomic E-state index is 11.9. The first-order valence-electron chi connectivity index (χ1n) is 5.91. The number of rotatable bonds is 5. The fourth-order valence-electron chi connectivity index (χ4n) is 1.55. The fraction of sp³-hybridized carbons (Fsp3) is 0.667. The second-order valence-corrected chi connectivity index (χ2v) is 4.62. The second-order valence-electron chi connectivity index (χ2n) is 4.62. The van der Waals surface area contributed by atoms with E-state index < -0.39 is 0 Å². The first-order chi connectivity index (χ1) is 7.95. The Morgan fingerprint density at radius 1 is 1.53 bits per heavy atom. The van der Waals surface area contributed by atoms with E-state index in [1.807, 2.05) is 26.8 Å². The maximum atomic E-state index is 11.9. The molecule has 1 aromatic rings. The van der Waals surface area contributed by atoms with Crippen molar-refractivity contribution in [2.75, 3.05) is 6.61 Å². The minimum atomic E-state index is -0.146. The van der Waals surface area contributed by atoms with Crippen molar-refractivity contribution >= 4 is 5.91 Å². The number of hydrogen-bond donors (Lipinski definition) is 2. The highest BCUT2D eigenvalue weighted by atomic mass is 16.3. The Bertz CT molecular complexity index is 385. The summed E-state index contributed by atoms with van der Waals surface area (Å²) >= 11 is 0. The Hall–Kier alpha value is -1.36. The molecule has 96 valence electrons. The van der Waals surface area contributed by atoms with Gasteiger partial charge in [-0.15, -0.1) is 0 Å². The van der Waals surface area contributed by atoms with Crippen LogP contribution in [0.5, 0.6) is 0 Å². The van der Waals surface area contributed by atoms with Gasteiger partial charge < -0.3 is 10.4 Å². The van der Waals surface area contributed by atoms with Crippen molar-refractivity contribution in [3.63, 3.8) is 0 Å². The lowest BCUT2D eigenvalue weighted by Crippen LogP contribution is -2.34. The van der Waals surface area contributed by atoms with E-state index in [9.17, 15) is 4.79 Å². The highest BCUT2D eigenvalue weighted by Gasteiger charge is 2.16. The van der Waals surface area contributed by atoms with Crippen LogP contribution in [-0.4, -0.2) is 33.4 Å². The van der Waals surface area contributed by atoms with Crippen molar-refractivity contribution in [1.29, 1.82) is 0 Å². The molecule has 5 heteroatoms. The summed E-state index contributed by atoms with van der Waals surface area (Å²) in [5.74, 6) is 0.158. The highest BCUT2D eigenvalue weighted by molar-refractivity contribution is 5.92. The molecular formula is C12H21N3O2. The van der Waals surface area contributed by atoms with E-state index in [0.717, 1.165) is 5.69 Å². The monoisotopic (exact) mass is 239 g/mol. The Balaban J connectivity index is 2.75. The van der Waals surface area contributed by atoms with Crippen molar-refractivity contribution in [3.8, 4) is 0 Å². The van der Waals surface area contributed by atoms with Gasteiger partial charge in [0.25, 0.3) is 5.91 Å². The third kappa shape index (κ3) is 3.56. The van der Waals surface area contributed by atoms with Crippen molar-refractivity contribution in [1.82, 2.24) is 15.1 Å². The number of nitrogens with zero attached hydrogens (tertiary/aromatic N) is 2. The standard InChI is InChI=1S/C12H21N3O2/c1-8(2)10-7-11(15(4)14-10)12(17)13-9(3)5-6-16/h7-9,16H,5-6H2,1-4H3,(H,13,17). The summed E-state index contributed by atoms with van der Waals surface area (Å²) in [7, 11) is 1.76. The number of aryl methyl sites for hydroxylation is 1. The van der Waals surface area contributed by atoms with Gasteiger partial charge in [-0.05, 0) is 25.3 Å². The first kappa shape index (κ1) is 13.7. The maximum Gasteiger partial charge on any atom is 0.269 e. The molecule has 17 heavy (non-hydrogen) atoms. The molecule has 0 fully saturated rings. The van der Waals surface area contributed by atoms with Gasteiger partial charge in [-0.25, -0.2) is 0 Å². The Morgan fingerprint density at radius 2 is 2.18 bits per heavy atom. The van der Waals surface area contributed by atoms with E-state index in [2.05, 4.69) is 10.4 Å². The summed E-state index contributed by atoms with van der Waals surface area (Å²) in [6.45, 7) is 6.02. The molecule has 0 aliphatic rings. The summed E-state index contributed by atoms with van der Waals surface area (Å²) in [5, 5.41) is 15.9. The predicted molar refractivity (Wildman–Crippen MR) is 65.9 cm³/mol. The Morgan fingerprint density at radius 3 is 2.65 bits per heavy atom. The van der Waals surface area contributed by atoms with E-state index >= 15 is 0 Å². The molecule has 0 spiro atoms. The molecule has 0 aliphatic heterocycles. The number of aromatic nitrogens is 2. The average Bonchev–Trinajstić information content (AvgIpc) is 2.60. The van der Waals surface area contributed by atoms with Crippen LogP contribution in [0.25, 0.3) is 0 Å². The molecule has 0 radical (unpaired) electrons. The lowest BCUT2D eigenvalue weighted by atomic mass is 10.1. The van der Waals surface area contributed by atoms with Crippen LogP contribution in [-0.2, 0) is 7.05 Å². The van der Waals surface area contributed by atoms with Gasteiger partial charge in [-0.2, -0.15) is 5.10 Å². The van der Waals surface area contributed by atoms with E-state index in [4.69, 9.17) is 5.11 Å². The largest absolute Gasteiger partial charge is 0.396 e. The van der Waals surface area contributed by atoms with E-state index in [-0.39, 0.29) is 18.6 Å². The highest BCUT2D eigenvalue weighted by Crippen LogP contribution is 2.13. The molecule has 0 bridgehead atoms. The molecule has 0 saturated carbocycles. The van der Waals surface area contributed by atoms with E-state index in [0.29, 0.717) is 18.0 Å². The summed E-state index contributed by atoms with van der Waals surface area (Å²) in [6.07, 6.45) is 0.556. The molecule has 0 saturated heterocycles. The van der Waals surface area contributed by atoms with Gasteiger partial charge in [0.1, 0.15) is 5.69 Å². The van der Waals surface area contributed by atoms with Crippen LogP contribution in [0.4, 0.5) is 0 Å². The third-order valence-corrected chi connectivity index (χ3v) is 2.66. The Labute approximate surface area is 102 Å². The van der Waals surface area contributed by atoms with Crippen LogP contribution in [0.2, 0.25) is 0 Å². The van der Waals surface area contributed by atoms with Gasteiger partial charge >= 0.3 is 0 Å². The van der Waals surface area contributed by atoms with Crippen molar-refractivity contribution in [2.45, 2.75) is 39.2 Å². The first-order valence-corrected chi connectivity index (χ1v) is 5.91. The fourth-order valence-corrected chi connectivity index (χ4v) is 1.55. The molecule has 0 aromatic carbocycles. The van der Waals surface area contributed by atoms with Crippen LogP contribution < -0.4 is 5.32 Å². The molecule has 2 N–H and O–H groups in total. The molecule has 1 atom stereocenters. The molecule has 1 aromatic heterocycles. The van der Waals surface area contributed by atoms with Gasteiger partial charge in [-0.1, -0.05) is 13.8 Å². The number of amides is 1. The molecule has 1 heterocycles. The molecular weight excluding hydrogens is 218 g/mol. The van der Waals surface area contributed by atoms with Crippen molar-refractivity contribution in [3.05, 3.63) is 17.5 Å². The zero-order valence-electron chi connectivity index (χ0n) is 10.9. The van der Waals surface area contributed by atoms with Crippen LogP contribution in [0.3, 0.4) is 0 Å². The number of hydrogen-bond acceptors (Lipinski definition) is 3. The lowest BCUT2D eigenvalue weighted by Gasteiger charge is -2.11. The predicted octanol–water partition coefficient (Wildman–Crippen LogP) is 1.04. The number of aliphatic hydroxyl groups excluding tert-OH is 1. The summed E-state index contributed by atoms with van der Waals surface area (Å²) < 4.78 is 1.59. The van der Waals surface area contributed by atoms with Crippen molar-refractivity contribution < 1.29 is 9.90 Å². The lowest BCUT2D eigenvalue weighted by molar-refractivity contribution is 0.0925. The number of aliphatic hydroxyl groups is 1. The number of nitrogens with one attached hydrogen (secondary N) is 1. The summed E-state index contributed by atoms with van der Waals surface area (Å²) in [5.41, 5.74) is 1.46. The smallest absolute Gasteiger partial charge is 0.269 e. The third-order valence-electron chi connectivity index (χ3n) is 2.66. The topological polar surface area (TPSA) is 67.2 Å². The molecule has 1 rings (SSSR count). The molecule has 5 nitrogen and oxygen atoms in total. The van der Waals surface area contributed by atoms with Crippen LogP contribution >= 0.6 is 0 Å². The second kappa shape index (κ2) is 5.82. The SMILES string of the molecule is CC(CCO)NC(=O)c1cc(C(C)C)nn1C. The zero-order chi connectivity index (χ0) is 13.0. The molecule has 1 amide bonds. The zero-order valence-corrected chi connectivity index (χ0v) is 10.9. The van der Waals surface area contributed by atoms with E-state index in [1.165, 1.54) is 0 Å².